The molecular formula is C22H28F3N3O3. The number of alkyl halides is 3. The lowest BCUT2D eigenvalue weighted by Crippen LogP contribution is -2.35. The number of hydrogen-bond donors (Lipinski definition) is 2. The van der Waals surface area contributed by atoms with E-state index in [0.717, 1.165) is 25.7 Å². The molecule has 0 aliphatic heterocycles. The third-order valence-corrected chi connectivity index (χ3v) is 6.09. The Hall–Kier alpha value is -2.29. The van der Waals surface area contributed by atoms with Gasteiger partial charge >= 0.3 is 6.36 Å². The standard InChI is InChI=1S/C22H28F3N3O3/c1-20(2,3)12-16(29)27-19-26-15-9-8-14(21(30)10-5-11-21)18(31-22(23,24)25)17(15)28(19)13-6-4-7-13/h8-9,13,30H,4-7,10-12H2,1-3H3,(H,26,27,29). The van der Waals surface area contributed by atoms with E-state index in [1.165, 1.54) is 6.07 Å². The molecule has 1 amide bonds. The highest BCUT2D eigenvalue weighted by Crippen LogP contribution is 2.50. The number of hydrogen-bond acceptors (Lipinski definition) is 4. The molecule has 2 aliphatic carbocycles. The number of anilines is 1. The predicted octanol–water partition coefficient (Wildman–Crippen LogP) is 5.41. The second-order valence-electron chi connectivity index (χ2n) is 9.92. The molecule has 2 fully saturated rings. The highest BCUT2D eigenvalue weighted by atomic mass is 19.4. The molecule has 0 atom stereocenters. The lowest BCUT2D eigenvalue weighted by molar-refractivity contribution is -0.275. The molecule has 9 heteroatoms. The lowest BCUT2D eigenvalue weighted by atomic mass is 9.74. The van der Waals surface area contributed by atoms with Crippen molar-refractivity contribution >= 4 is 22.9 Å². The Morgan fingerprint density at radius 2 is 1.94 bits per heavy atom. The van der Waals surface area contributed by atoms with E-state index in [1.807, 2.05) is 20.8 Å². The monoisotopic (exact) mass is 439 g/mol. The number of fused-ring (bicyclic) bond motifs is 1. The number of aromatic nitrogens is 2. The van der Waals surface area contributed by atoms with Crippen LogP contribution in [0.1, 0.15) is 77.3 Å². The van der Waals surface area contributed by atoms with Crippen molar-refractivity contribution in [3.63, 3.8) is 0 Å². The Kier molecular flexibility index (Phi) is 5.23. The average Bonchev–Trinajstić information content (AvgIpc) is 2.86. The second-order valence-corrected chi connectivity index (χ2v) is 9.92. The highest BCUT2D eigenvalue weighted by molar-refractivity contribution is 5.94. The molecule has 0 unspecified atom stereocenters. The minimum absolute atomic E-state index is 0.0863. The van der Waals surface area contributed by atoms with E-state index < -0.39 is 17.7 Å². The first kappa shape index (κ1) is 21.9. The molecule has 1 aromatic carbocycles. The zero-order valence-electron chi connectivity index (χ0n) is 18.0. The number of imidazole rings is 1. The maximum atomic E-state index is 13.4. The summed E-state index contributed by atoms with van der Waals surface area (Å²) in [7, 11) is 0. The third kappa shape index (κ3) is 4.37. The van der Waals surface area contributed by atoms with Crippen molar-refractivity contribution in [2.24, 2.45) is 5.41 Å². The van der Waals surface area contributed by atoms with Gasteiger partial charge in [-0.2, -0.15) is 0 Å². The van der Waals surface area contributed by atoms with Crippen LogP contribution in [-0.2, 0) is 10.4 Å². The van der Waals surface area contributed by atoms with Crippen molar-refractivity contribution in [3.8, 4) is 5.75 Å². The fraction of sp³-hybridized carbons (Fsp3) is 0.636. The van der Waals surface area contributed by atoms with E-state index >= 15 is 0 Å². The van der Waals surface area contributed by atoms with Crippen molar-refractivity contribution in [2.75, 3.05) is 5.32 Å². The molecule has 0 spiro atoms. The molecule has 1 aromatic heterocycles. The van der Waals surface area contributed by atoms with Crippen molar-refractivity contribution in [3.05, 3.63) is 17.7 Å². The number of nitrogens with zero attached hydrogens (tertiary/aromatic N) is 2. The topological polar surface area (TPSA) is 76.4 Å². The molecule has 6 nitrogen and oxygen atoms in total. The number of nitrogens with one attached hydrogen (secondary N) is 1. The Labute approximate surface area is 178 Å². The summed E-state index contributed by atoms with van der Waals surface area (Å²) >= 11 is 0. The summed E-state index contributed by atoms with van der Waals surface area (Å²) in [5.41, 5.74) is -1.01. The number of carbonyl (C=O) groups is 1. The van der Waals surface area contributed by atoms with Crippen LogP contribution in [0.5, 0.6) is 5.75 Å². The number of aliphatic hydroxyl groups is 1. The SMILES string of the molecule is CC(C)(C)CC(=O)Nc1nc2ccc(C3(O)CCC3)c(OC(F)(F)F)c2n1C1CCC1. The minimum atomic E-state index is -4.92. The smallest absolute Gasteiger partial charge is 0.403 e. The van der Waals surface area contributed by atoms with Gasteiger partial charge in [-0.1, -0.05) is 26.8 Å². The average molecular weight is 439 g/mol. The van der Waals surface area contributed by atoms with E-state index in [9.17, 15) is 23.1 Å². The summed E-state index contributed by atoms with van der Waals surface area (Å²) in [6.07, 6.45) is -0.708. The molecule has 31 heavy (non-hydrogen) atoms. The van der Waals surface area contributed by atoms with E-state index in [2.05, 4.69) is 15.0 Å². The predicted molar refractivity (Wildman–Crippen MR) is 110 cm³/mol. The summed E-state index contributed by atoms with van der Waals surface area (Å²) in [4.78, 5) is 17.0. The van der Waals surface area contributed by atoms with Crippen LogP contribution in [0.15, 0.2) is 12.1 Å². The van der Waals surface area contributed by atoms with E-state index in [-0.39, 0.29) is 40.8 Å². The van der Waals surface area contributed by atoms with Gasteiger partial charge in [0, 0.05) is 18.0 Å². The molecule has 4 rings (SSSR count). The van der Waals surface area contributed by atoms with Crippen LogP contribution in [0.4, 0.5) is 19.1 Å². The first-order chi connectivity index (χ1) is 14.4. The molecule has 0 bridgehead atoms. The second kappa shape index (κ2) is 7.39. The summed E-state index contributed by atoms with van der Waals surface area (Å²) in [5.74, 6) is -0.443. The highest BCUT2D eigenvalue weighted by Gasteiger charge is 2.43. The fourth-order valence-corrected chi connectivity index (χ4v) is 4.26. The summed E-state index contributed by atoms with van der Waals surface area (Å²) in [5, 5.41) is 13.6. The van der Waals surface area contributed by atoms with Gasteiger partial charge in [0.05, 0.1) is 11.1 Å². The van der Waals surface area contributed by atoms with E-state index in [0.29, 0.717) is 18.4 Å². The quantitative estimate of drug-likeness (QED) is 0.654. The van der Waals surface area contributed by atoms with E-state index in [4.69, 9.17) is 0 Å². The molecular weight excluding hydrogens is 411 g/mol. The summed E-state index contributed by atoms with van der Waals surface area (Å²) in [6.45, 7) is 5.80. The summed E-state index contributed by atoms with van der Waals surface area (Å²) < 4.78 is 46.3. The maximum Gasteiger partial charge on any atom is 0.573 e. The molecule has 1 heterocycles. The Bertz CT molecular complexity index is 999. The largest absolute Gasteiger partial charge is 0.573 e. The van der Waals surface area contributed by atoms with Crippen molar-refractivity contribution in [2.45, 2.75) is 83.7 Å². The zero-order chi connectivity index (χ0) is 22.6. The van der Waals surface area contributed by atoms with Crippen LogP contribution in [0.2, 0.25) is 0 Å². The van der Waals surface area contributed by atoms with Crippen LogP contribution in [0, 0.1) is 5.41 Å². The van der Waals surface area contributed by atoms with Gasteiger partial charge in [0.1, 0.15) is 5.52 Å². The molecule has 2 N–H and O–H groups in total. The third-order valence-electron chi connectivity index (χ3n) is 6.09. The van der Waals surface area contributed by atoms with Crippen LogP contribution < -0.4 is 10.1 Å². The Balaban J connectivity index is 1.87. The van der Waals surface area contributed by atoms with Crippen LogP contribution in [0.3, 0.4) is 0 Å². The number of rotatable bonds is 5. The van der Waals surface area contributed by atoms with Gasteiger partial charge in [0.2, 0.25) is 11.9 Å². The number of benzene rings is 1. The number of carbonyl (C=O) groups excluding carboxylic acids is 1. The number of ether oxygens (including phenoxy) is 1. The Morgan fingerprint density at radius 3 is 2.42 bits per heavy atom. The van der Waals surface area contributed by atoms with Crippen LogP contribution in [-0.4, -0.2) is 26.9 Å². The number of amides is 1. The van der Waals surface area contributed by atoms with Gasteiger partial charge in [-0.05, 0) is 50.0 Å². The lowest BCUT2D eigenvalue weighted by Gasteiger charge is -2.38. The number of halogens is 3. The molecule has 2 aliphatic rings. The van der Waals surface area contributed by atoms with Gasteiger partial charge in [-0.3, -0.25) is 10.1 Å². The molecule has 0 radical (unpaired) electrons. The fourth-order valence-electron chi connectivity index (χ4n) is 4.26. The van der Waals surface area contributed by atoms with Gasteiger partial charge in [-0.15, -0.1) is 13.2 Å². The minimum Gasteiger partial charge on any atom is -0.403 e. The Morgan fingerprint density at radius 1 is 1.26 bits per heavy atom. The zero-order valence-corrected chi connectivity index (χ0v) is 18.0. The molecule has 2 saturated carbocycles. The van der Waals surface area contributed by atoms with Gasteiger partial charge < -0.3 is 14.4 Å². The van der Waals surface area contributed by atoms with Gasteiger partial charge in [0.15, 0.2) is 5.75 Å². The van der Waals surface area contributed by atoms with Gasteiger partial charge in [0.25, 0.3) is 0 Å². The van der Waals surface area contributed by atoms with Crippen molar-refractivity contribution in [1.82, 2.24) is 9.55 Å². The first-order valence-electron chi connectivity index (χ1n) is 10.7. The van der Waals surface area contributed by atoms with Crippen molar-refractivity contribution in [1.29, 1.82) is 0 Å². The molecule has 0 saturated heterocycles. The normalized spacial score (nSPS) is 19.1. The molecule has 170 valence electrons. The first-order valence-corrected chi connectivity index (χ1v) is 10.7. The maximum absolute atomic E-state index is 13.4. The van der Waals surface area contributed by atoms with Crippen LogP contribution in [0.25, 0.3) is 11.0 Å². The molecule has 2 aromatic rings. The van der Waals surface area contributed by atoms with Crippen LogP contribution >= 0.6 is 0 Å². The summed E-state index contributed by atoms with van der Waals surface area (Å²) in [6, 6.07) is 2.97. The van der Waals surface area contributed by atoms with Gasteiger partial charge in [-0.25, -0.2) is 4.98 Å². The van der Waals surface area contributed by atoms with Crippen molar-refractivity contribution < 1.29 is 27.8 Å². The van der Waals surface area contributed by atoms with E-state index in [1.54, 1.807) is 10.6 Å².